The number of esters is 4. The summed E-state index contributed by atoms with van der Waals surface area (Å²) in [7, 11) is -9.89. The quantitative estimate of drug-likeness (QED) is 0.0222. The SMILES string of the molecule is CCC(C)CCCCCCCCCCC(=O)O[C@H](COC(=O)CCCCCCCCC(C)CC)COP(=O)(O)OC[C@@H](O)COP(=O)(O)OC[C@@H](COC(=O)CCCCCCCCC(C)C)OC(=O)CCCCCCCCCCC(C)C. The highest BCUT2D eigenvalue weighted by molar-refractivity contribution is 7.47. The Kier molecular flexibility index (Phi) is 52.0. The summed E-state index contributed by atoms with van der Waals surface area (Å²) >= 11 is 0. The maximum absolute atomic E-state index is 13.0. The van der Waals surface area contributed by atoms with E-state index in [1.165, 1.54) is 89.9 Å². The summed E-state index contributed by atoms with van der Waals surface area (Å²) in [5.41, 5.74) is 0. The maximum atomic E-state index is 13.0. The van der Waals surface area contributed by atoms with Crippen LogP contribution in [0.3, 0.4) is 0 Å². The molecule has 0 aliphatic carbocycles. The summed E-state index contributed by atoms with van der Waals surface area (Å²) in [6, 6.07) is 0. The molecule has 0 bridgehead atoms. The third kappa shape index (κ3) is 54.7. The first-order valence-electron chi connectivity index (χ1n) is 32.8. The molecule has 0 aromatic carbocycles. The summed E-state index contributed by atoms with van der Waals surface area (Å²) in [4.78, 5) is 72.1. The van der Waals surface area contributed by atoms with Gasteiger partial charge < -0.3 is 33.8 Å². The van der Waals surface area contributed by atoms with Crippen LogP contribution in [0.2, 0.25) is 0 Å². The van der Waals surface area contributed by atoms with Crippen LogP contribution < -0.4 is 0 Å². The highest BCUT2D eigenvalue weighted by atomic mass is 31.2. The number of aliphatic hydroxyl groups is 1. The molecule has 486 valence electrons. The second kappa shape index (κ2) is 53.3. The van der Waals surface area contributed by atoms with E-state index >= 15 is 0 Å². The van der Waals surface area contributed by atoms with Crippen molar-refractivity contribution in [3.63, 3.8) is 0 Å². The third-order valence-electron chi connectivity index (χ3n) is 15.0. The molecule has 0 amide bonds. The first-order chi connectivity index (χ1) is 39.2. The summed E-state index contributed by atoms with van der Waals surface area (Å²) in [6.45, 7) is 13.9. The molecule has 0 spiro atoms. The Morgan fingerprint density at radius 3 is 0.866 bits per heavy atom. The van der Waals surface area contributed by atoms with Gasteiger partial charge in [0.2, 0.25) is 0 Å². The van der Waals surface area contributed by atoms with E-state index in [1.807, 2.05) is 0 Å². The van der Waals surface area contributed by atoms with Crippen LogP contribution >= 0.6 is 15.6 Å². The molecule has 0 fully saturated rings. The van der Waals surface area contributed by atoms with E-state index in [4.69, 9.17) is 37.0 Å². The Morgan fingerprint density at radius 1 is 0.341 bits per heavy atom. The lowest BCUT2D eigenvalue weighted by atomic mass is 9.99. The molecule has 82 heavy (non-hydrogen) atoms. The zero-order valence-electron chi connectivity index (χ0n) is 53.1. The van der Waals surface area contributed by atoms with Crippen molar-refractivity contribution in [2.45, 2.75) is 318 Å². The molecule has 0 rings (SSSR count). The van der Waals surface area contributed by atoms with Gasteiger partial charge in [-0.2, -0.15) is 0 Å². The number of aliphatic hydroxyl groups excluding tert-OH is 1. The first-order valence-corrected chi connectivity index (χ1v) is 35.8. The Balaban J connectivity index is 5.27. The average molecular weight is 1210 g/mol. The largest absolute Gasteiger partial charge is 0.472 e. The lowest BCUT2D eigenvalue weighted by molar-refractivity contribution is -0.161. The van der Waals surface area contributed by atoms with Crippen molar-refractivity contribution in [1.82, 2.24) is 0 Å². The number of rotatable bonds is 60. The van der Waals surface area contributed by atoms with E-state index < -0.39 is 97.5 Å². The summed E-state index contributed by atoms with van der Waals surface area (Å²) in [5, 5.41) is 10.5. The molecule has 0 radical (unpaired) electrons. The van der Waals surface area contributed by atoms with E-state index in [1.54, 1.807) is 0 Å². The van der Waals surface area contributed by atoms with E-state index in [2.05, 4.69) is 55.4 Å². The number of hydrogen-bond acceptors (Lipinski definition) is 15. The van der Waals surface area contributed by atoms with E-state index in [-0.39, 0.29) is 25.7 Å². The highest BCUT2D eigenvalue weighted by Gasteiger charge is 2.30. The van der Waals surface area contributed by atoms with Crippen LogP contribution in [-0.4, -0.2) is 96.7 Å². The predicted molar refractivity (Wildman–Crippen MR) is 326 cm³/mol. The van der Waals surface area contributed by atoms with Gasteiger partial charge in [-0.3, -0.25) is 37.3 Å². The molecule has 0 heterocycles. The standard InChI is InChI=1S/C63H122O17P2/c1-9-55(7)41-33-25-16-12-14-18-30-38-46-63(68)80-59(50-74-61(66)44-36-28-22-20-26-34-42-56(8)10-2)52-78-82(71,72)76-48-57(64)47-75-81(69,70)77-51-58(49-73-60(65)43-35-27-21-19-24-32-40-54(5)6)79-62(67)45-37-29-17-13-11-15-23-31-39-53(3)4/h53-59,64H,9-52H2,1-8H3,(H,69,70)(H,71,72)/t55?,56?,57-,58+,59+/m0/s1. The van der Waals surface area contributed by atoms with Crippen molar-refractivity contribution >= 4 is 39.5 Å². The topological polar surface area (TPSA) is 237 Å². The van der Waals surface area contributed by atoms with Gasteiger partial charge in [-0.1, -0.05) is 248 Å². The summed E-state index contributed by atoms with van der Waals surface area (Å²) in [6.07, 6.45) is 32.2. The van der Waals surface area contributed by atoms with E-state index in [0.29, 0.717) is 31.6 Å². The number of phosphoric ester groups is 2. The Labute approximate surface area is 498 Å². The van der Waals surface area contributed by atoms with E-state index in [9.17, 15) is 43.2 Å². The zero-order chi connectivity index (χ0) is 61.1. The number of unbranched alkanes of at least 4 members (excludes halogenated alkanes) is 24. The van der Waals surface area contributed by atoms with Crippen LogP contribution in [0.5, 0.6) is 0 Å². The monoisotopic (exact) mass is 1210 g/mol. The molecule has 0 aliphatic heterocycles. The number of phosphoric acid groups is 2. The molecule has 0 aromatic heterocycles. The van der Waals surface area contributed by atoms with Gasteiger partial charge in [0, 0.05) is 25.7 Å². The van der Waals surface area contributed by atoms with Crippen molar-refractivity contribution in [3.05, 3.63) is 0 Å². The number of hydrogen-bond donors (Lipinski definition) is 3. The lowest BCUT2D eigenvalue weighted by Crippen LogP contribution is -2.30. The number of ether oxygens (including phenoxy) is 4. The van der Waals surface area contributed by atoms with Gasteiger partial charge in [-0.25, -0.2) is 9.13 Å². The Hall–Kier alpha value is -1.94. The first kappa shape index (κ1) is 80.1. The van der Waals surface area contributed by atoms with Crippen LogP contribution in [0.1, 0.15) is 299 Å². The van der Waals surface area contributed by atoms with Crippen molar-refractivity contribution in [1.29, 1.82) is 0 Å². The molecule has 3 N–H and O–H groups in total. The van der Waals surface area contributed by atoms with Gasteiger partial charge in [0.15, 0.2) is 12.2 Å². The van der Waals surface area contributed by atoms with Crippen molar-refractivity contribution < 1.29 is 80.2 Å². The molecule has 19 heteroatoms. The minimum Gasteiger partial charge on any atom is -0.462 e. The van der Waals surface area contributed by atoms with Gasteiger partial charge in [-0.15, -0.1) is 0 Å². The third-order valence-corrected chi connectivity index (χ3v) is 16.9. The minimum atomic E-state index is -4.94. The molecule has 0 aromatic rings. The van der Waals surface area contributed by atoms with Gasteiger partial charge in [-0.05, 0) is 49.4 Å². The molecular formula is C63H122O17P2. The normalized spacial score (nSPS) is 15.1. The van der Waals surface area contributed by atoms with Crippen LogP contribution in [0.25, 0.3) is 0 Å². The minimum absolute atomic E-state index is 0.103. The van der Waals surface area contributed by atoms with Gasteiger partial charge in [0.05, 0.1) is 26.4 Å². The fourth-order valence-corrected chi connectivity index (χ4v) is 10.8. The highest BCUT2D eigenvalue weighted by Crippen LogP contribution is 2.45. The summed E-state index contributed by atoms with van der Waals surface area (Å²) < 4.78 is 67.9. The van der Waals surface area contributed by atoms with Crippen molar-refractivity contribution in [2.75, 3.05) is 39.6 Å². The predicted octanol–water partition coefficient (Wildman–Crippen LogP) is 17.0. The van der Waals surface area contributed by atoms with Crippen molar-refractivity contribution in [3.8, 4) is 0 Å². The van der Waals surface area contributed by atoms with Crippen LogP contribution in [-0.2, 0) is 65.4 Å². The Bertz CT molecular complexity index is 1650. The van der Waals surface area contributed by atoms with Crippen molar-refractivity contribution in [2.24, 2.45) is 23.7 Å². The van der Waals surface area contributed by atoms with Gasteiger partial charge >= 0.3 is 39.5 Å². The fraction of sp³-hybridized carbons (Fsp3) is 0.937. The second-order valence-corrected chi connectivity index (χ2v) is 27.1. The molecule has 17 nitrogen and oxygen atoms in total. The molecule has 0 aliphatic rings. The van der Waals surface area contributed by atoms with Gasteiger partial charge in [0.1, 0.15) is 19.3 Å². The average Bonchev–Trinajstić information content (AvgIpc) is 3.45. The summed E-state index contributed by atoms with van der Waals surface area (Å²) in [5.74, 6) is 0.753. The molecule has 7 atom stereocenters. The van der Waals surface area contributed by atoms with Crippen LogP contribution in [0, 0.1) is 23.7 Å². The maximum Gasteiger partial charge on any atom is 0.472 e. The van der Waals surface area contributed by atoms with E-state index in [0.717, 1.165) is 120 Å². The molecule has 0 saturated heterocycles. The number of carbonyl (C=O) groups excluding carboxylic acids is 4. The molecular weight excluding hydrogens is 1090 g/mol. The smallest absolute Gasteiger partial charge is 0.462 e. The molecule has 0 saturated carbocycles. The zero-order valence-corrected chi connectivity index (χ0v) is 54.9. The number of carbonyl (C=O) groups is 4. The second-order valence-electron chi connectivity index (χ2n) is 24.2. The Morgan fingerprint density at radius 2 is 0.585 bits per heavy atom. The molecule has 4 unspecified atom stereocenters. The van der Waals surface area contributed by atoms with Crippen LogP contribution in [0.4, 0.5) is 0 Å². The fourth-order valence-electron chi connectivity index (χ4n) is 9.19. The lowest BCUT2D eigenvalue weighted by Gasteiger charge is -2.21. The van der Waals surface area contributed by atoms with Crippen LogP contribution in [0.15, 0.2) is 0 Å². The van der Waals surface area contributed by atoms with Gasteiger partial charge in [0.25, 0.3) is 0 Å².